The highest BCUT2D eigenvalue weighted by molar-refractivity contribution is 7.89. The van der Waals surface area contributed by atoms with Crippen LogP contribution in [0.5, 0.6) is 0 Å². The molecule has 2 aromatic rings. The lowest BCUT2D eigenvalue weighted by molar-refractivity contribution is -0.129. The Kier molecular flexibility index (Phi) is 7.92. The predicted molar refractivity (Wildman–Crippen MR) is 110 cm³/mol. The molecule has 0 fully saturated rings. The van der Waals surface area contributed by atoms with E-state index in [0.29, 0.717) is 6.54 Å². The summed E-state index contributed by atoms with van der Waals surface area (Å²) < 4.78 is 31.1. The van der Waals surface area contributed by atoms with Crippen molar-refractivity contribution in [1.29, 1.82) is 0 Å². The number of nitrogens with one attached hydrogen (secondary N) is 2. The minimum absolute atomic E-state index is 0.0525. The average Bonchev–Trinajstić information content (AvgIpc) is 2.74. The summed E-state index contributed by atoms with van der Waals surface area (Å²) in [5.74, 6) is -1.02. The first kappa shape index (κ1) is 22.6. The lowest BCUT2D eigenvalue weighted by Gasteiger charge is -2.18. The number of hydrogen-bond donors (Lipinski definition) is 2. The van der Waals surface area contributed by atoms with E-state index < -0.39 is 28.0 Å². The maximum Gasteiger partial charge on any atom is 0.338 e. The Morgan fingerprint density at radius 3 is 2.38 bits per heavy atom. The fraction of sp³-hybridized carbons (Fsp3) is 0.333. The lowest BCUT2D eigenvalue weighted by atomic mass is 9.96. The summed E-state index contributed by atoms with van der Waals surface area (Å²) in [7, 11) is -2.40. The molecule has 0 bridgehead atoms. The quantitative estimate of drug-likeness (QED) is 0.609. The van der Waals surface area contributed by atoms with Gasteiger partial charge in [0.15, 0.2) is 6.10 Å². The second-order valence-electron chi connectivity index (χ2n) is 6.54. The molecule has 7 nitrogen and oxygen atoms in total. The van der Waals surface area contributed by atoms with E-state index in [1.807, 2.05) is 37.3 Å². The Labute approximate surface area is 171 Å². The zero-order valence-electron chi connectivity index (χ0n) is 16.7. The van der Waals surface area contributed by atoms with E-state index in [9.17, 15) is 18.0 Å². The number of amides is 1. The molecule has 2 rings (SSSR count). The molecule has 29 heavy (non-hydrogen) atoms. The SMILES string of the molecule is CC[C@H](CNC(=O)[C@H](C)OC(=O)c1cccc(S(=O)(=O)NC)c1)c1ccccc1. The number of carbonyl (C=O) groups excluding carboxylic acids is 2. The van der Waals surface area contributed by atoms with Gasteiger partial charge in [-0.25, -0.2) is 17.9 Å². The van der Waals surface area contributed by atoms with Crippen LogP contribution < -0.4 is 10.0 Å². The van der Waals surface area contributed by atoms with Crippen molar-refractivity contribution < 1.29 is 22.7 Å². The summed E-state index contributed by atoms with van der Waals surface area (Å²) in [5.41, 5.74) is 1.18. The lowest BCUT2D eigenvalue weighted by Crippen LogP contribution is -2.38. The van der Waals surface area contributed by atoms with Crippen LogP contribution in [0.1, 0.15) is 42.1 Å². The van der Waals surface area contributed by atoms with E-state index in [1.165, 1.54) is 38.2 Å². The second-order valence-corrected chi connectivity index (χ2v) is 8.43. The smallest absolute Gasteiger partial charge is 0.338 e. The molecular weight excluding hydrogens is 392 g/mol. The van der Waals surface area contributed by atoms with E-state index in [1.54, 1.807) is 0 Å². The van der Waals surface area contributed by atoms with E-state index in [-0.39, 0.29) is 16.4 Å². The van der Waals surface area contributed by atoms with Gasteiger partial charge in [-0.3, -0.25) is 4.79 Å². The fourth-order valence-electron chi connectivity index (χ4n) is 2.78. The Morgan fingerprint density at radius 2 is 1.76 bits per heavy atom. The van der Waals surface area contributed by atoms with Gasteiger partial charge in [0.25, 0.3) is 5.91 Å². The molecule has 0 radical (unpaired) electrons. The van der Waals surface area contributed by atoms with Crippen LogP contribution in [0, 0.1) is 0 Å². The number of carbonyl (C=O) groups is 2. The van der Waals surface area contributed by atoms with E-state index in [0.717, 1.165) is 12.0 Å². The van der Waals surface area contributed by atoms with Gasteiger partial charge in [-0.1, -0.05) is 43.3 Å². The number of benzene rings is 2. The minimum atomic E-state index is -3.68. The van der Waals surface area contributed by atoms with Crippen LogP contribution in [0.4, 0.5) is 0 Å². The van der Waals surface area contributed by atoms with Crippen LogP contribution in [-0.4, -0.2) is 40.0 Å². The summed E-state index contributed by atoms with van der Waals surface area (Å²) in [6.07, 6.45) is -0.161. The Bertz CT molecular complexity index is 945. The monoisotopic (exact) mass is 418 g/mol. The first-order chi connectivity index (χ1) is 13.8. The zero-order chi connectivity index (χ0) is 21.4. The van der Waals surface area contributed by atoms with Gasteiger partial charge in [-0.2, -0.15) is 0 Å². The van der Waals surface area contributed by atoms with Gasteiger partial charge in [-0.15, -0.1) is 0 Å². The van der Waals surface area contributed by atoms with Gasteiger partial charge in [0.2, 0.25) is 10.0 Å². The normalized spacial score (nSPS) is 13.3. The Hall–Kier alpha value is -2.71. The molecule has 0 aromatic heterocycles. The Balaban J connectivity index is 1.97. The average molecular weight is 419 g/mol. The third-order valence-corrected chi connectivity index (χ3v) is 6.00. The largest absolute Gasteiger partial charge is 0.449 e. The summed E-state index contributed by atoms with van der Waals surface area (Å²) in [6.45, 7) is 3.95. The topological polar surface area (TPSA) is 102 Å². The molecule has 0 aliphatic carbocycles. The molecule has 8 heteroatoms. The third kappa shape index (κ3) is 6.13. The number of ether oxygens (including phenoxy) is 1. The molecule has 1 amide bonds. The second kappa shape index (κ2) is 10.2. The third-order valence-electron chi connectivity index (χ3n) is 4.59. The molecular formula is C21H26N2O5S. The van der Waals surface area contributed by atoms with Crippen molar-refractivity contribution in [2.75, 3.05) is 13.6 Å². The summed E-state index contributed by atoms with van der Waals surface area (Å²) >= 11 is 0. The zero-order valence-corrected chi connectivity index (χ0v) is 17.5. The van der Waals surface area contributed by atoms with Gasteiger partial charge in [-0.05, 0) is 44.2 Å². The molecule has 0 spiro atoms. The van der Waals surface area contributed by atoms with Crippen molar-refractivity contribution in [2.45, 2.75) is 37.2 Å². The molecule has 0 saturated heterocycles. The van der Waals surface area contributed by atoms with Gasteiger partial charge >= 0.3 is 5.97 Å². The van der Waals surface area contributed by atoms with Crippen LogP contribution in [0.3, 0.4) is 0 Å². The van der Waals surface area contributed by atoms with Crippen LogP contribution in [0.25, 0.3) is 0 Å². The van der Waals surface area contributed by atoms with Crippen molar-refractivity contribution in [3.63, 3.8) is 0 Å². The molecule has 2 atom stereocenters. The highest BCUT2D eigenvalue weighted by Gasteiger charge is 2.21. The predicted octanol–water partition coefficient (Wildman–Crippen LogP) is 2.45. The van der Waals surface area contributed by atoms with Crippen molar-refractivity contribution >= 4 is 21.9 Å². The molecule has 156 valence electrons. The Morgan fingerprint density at radius 1 is 1.07 bits per heavy atom. The summed E-state index contributed by atoms with van der Waals surface area (Å²) in [4.78, 5) is 24.6. The van der Waals surface area contributed by atoms with Crippen molar-refractivity contribution in [1.82, 2.24) is 10.0 Å². The van der Waals surface area contributed by atoms with E-state index in [4.69, 9.17) is 4.74 Å². The first-order valence-corrected chi connectivity index (χ1v) is 10.8. The molecule has 0 unspecified atom stereocenters. The highest BCUT2D eigenvalue weighted by Crippen LogP contribution is 2.18. The molecule has 0 aliphatic rings. The first-order valence-electron chi connectivity index (χ1n) is 9.35. The highest BCUT2D eigenvalue weighted by atomic mass is 32.2. The number of sulfonamides is 1. The van der Waals surface area contributed by atoms with Gasteiger partial charge < -0.3 is 10.1 Å². The molecule has 2 aromatic carbocycles. The molecule has 0 heterocycles. The maximum atomic E-state index is 12.3. The standard InChI is InChI=1S/C21H26N2O5S/c1-4-16(17-9-6-5-7-10-17)14-23-20(24)15(2)28-21(25)18-11-8-12-19(13-18)29(26,27)22-3/h5-13,15-16,22H,4,14H2,1-3H3,(H,23,24)/t15-,16+/m0/s1. The van der Waals surface area contributed by atoms with Crippen LogP contribution in [0.15, 0.2) is 59.5 Å². The summed E-state index contributed by atoms with van der Waals surface area (Å²) in [6, 6.07) is 15.3. The van der Waals surface area contributed by atoms with Crippen LogP contribution >= 0.6 is 0 Å². The number of hydrogen-bond acceptors (Lipinski definition) is 5. The molecule has 0 saturated carbocycles. The number of esters is 1. The summed E-state index contributed by atoms with van der Waals surface area (Å²) in [5, 5.41) is 2.81. The fourth-order valence-corrected chi connectivity index (χ4v) is 3.56. The van der Waals surface area contributed by atoms with E-state index in [2.05, 4.69) is 10.0 Å². The van der Waals surface area contributed by atoms with Gasteiger partial charge in [0, 0.05) is 12.5 Å². The number of rotatable bonds is 9. The van der Waals surface area contributed by atoms with Gasteiger partial charge in [0.05, 0.1) is 10.5 Å². The molecule has 2 N–H and O–H groups in total. The van der Waals surface area contributed by atoms with Crippen molar-refractivity contribution in [2.24, 2.45) is 0 Å². The van der Waals surface area contributed by atoms with Crippen molar-refractivity contribution in [3.8, 4) is 0 Å². The van der Waals surface area contributed by atoms with Crippen LogP contribution in [-0.2, 0) is 19.6 Å². The minimum Gasteiger partial charge on any atom is -0.449 e. The van der Waals surface area contributed by atoms with Crippen LogP contribution in [0.2, 0.25) is 0 Å². The van der Waals surface area contributed by atoms with Gasteiger partial charge in [0.1, 0.15) is 0 Å². The molecule has 0 aliphatic heterocycles. The van der Waals surface area contributed by atoms with E-state index >= 15 is 0 Å². The van der Waals surface area contributed by atoms with Crippen molar-refractivity contribution in [3.05, 3.63) is 65.7 Å². The maximum absolute atomic E-state index is 12.3.